The Morgan fingerprint density at radius 2 is 2.10 bits per heavy atom. The average molecular weight is 404 g/mol. The number of aromatic nitrogens is 3. The van der Waals surface area contributed by atoms with Gasteiger partial charge < -0.3 is 10.6 Å². The summed E-state index contributed by atoms with van der Waals surface area (Å²) < 4.78 is 2.07. The smallest absolute Gasteiger partial charge is 0.221 e. The maximum atomic E-state index is 12.8. The van der Waals surface area contributed by atoms with Crippen molar-refractivity contribution < 1.29 is 4.79 Å². The van der Waals surface area contributed by atoms with Crippen LogP contribution in [0.25, 0.3) is 0 Å². The van der Waals surface area contributed by atoms with Crippen LogP contribution in [0.3, 0.4) is 0 Å². The van der Waals surface area contributed by atoms with Gasteiger partial charge in [0.2, 0.25) is 5.91 Å². The number of carbonyl (C=O) groups is 1. The monoisotopic (exact) mass is 403 g/mol. The third kappa shape index (κ3) is 4.76. The molecular weight excluding hydrogens is 374 g/mol. The Hall–Kier alpha value is -2.99. The van der Waals surface area contributed by atoms with Crippen molar-refractivity contribution in [2.45, 2.75) is 52.2 Å². The summed E-state index contributed by atoms with van der Waals surface area (Å²) in [5.41, 5.74) is 6.68. The molecule has 1 aliphatic heterocycles. The molecule has 3 heterocycles. The second-order valence-corrected chi connectivity index (χ2v) is 8.01. The van der Waals surface area contributed by atoms with Crippen LogP contribution in [-0.4, -0.2) is 27.2 Å². The lowest BCUT2D eigenvalue weighted by Crippen LogP contribution is -2.29. The maximum absolute atomic E-state index is 12.8. The van der Waals surface area contributed by atoms with Gasteiger partial charge in [-0.25, -0.2) is 0 Å². The summed E-state index contributed by atoms with van der Waals surface area (Å²) in [4.78, 5) is 17.1. The van der Waals surface area contributed by atoms with E-state index in [9.17, 15) is 4.79 Å². The van der Waals surface area contributed by atoms with Crippen LogP contribution in [0.1, 0.15) is 52.5 Å². The van der Waals surface area contributed by atoms with Crippen molar-refractivity contribution in [1.82, 2.24) is 25.4 Å². The average Bonchev–Trinajstić information content (AvgIpc) is 3.02. The first-order chi connectivity index (χ1) is 14.6. The van der Waals surface area contributed by atoms with Gasteiger partial charge in [0.25, 0.3) is 0 Å². The summed E-state index contributed by atoms with van der Waals surface area (Å²) in [5, 5.41) is 11.3. The lowest BCUT2D eigenvalue weighted by molar-refractivity contribution is -0.121. The van der Waals surface area contributed by atoms with Gasteiger partial charge in [0, 0.05) is 38.3 Å². The van der Waals surface area contributed by atoms with Crippen molar-refractivity contribution in [2.24, 2.45) is 0 Å². The first-order valence-electron chi connectivity index (χ1n) is 10.6. The van der Waals surface area contributed by atoms with Crippen molar-refractivity contribution in [1.29, 1.82) is 0 Å². The van der Waals surface area contributed by atoms with Gasteiger partial charge in [-0.3, -0.25) is 14.5 Å². The number of benzene rings is 1. The normalized spacial score (nSPS) is 14.6. The molecule has 6 nitrogen and oxygen atoms in total. The van der Waals surface area contributed by atoms with Crippen molar-refractivity contribution >= 4 is 5.91 Å². The van der Waals surface area contributed by atoms with E-state index in [1.54, 1.807) is 6.20 Å². The van der Waals surface area contributed by atoms with Crippen LogP contribution in [0.4, 0.5) is 0 Å². The maximum Gasteiger partial charge on any atom is 0.221 e. The van der Waals surface area contributed by atoms with Gasteiger partial charge in [0.05, 0.1) is 17.4 Å². The van der Waals surface area contributed by atoms with Crippen LogP contribution >= 0.6 is 0 Å². The standard InChI is InChI=1S/C24H29N5O/c1-17-6-7-19(13-18(17)2)24(20-5-3-10-25-15-20)27-23(30)9-8-21-14-22-16-26-11-4-12-29(22)28-21/h3,5-7,10,13-15,24,26H,4,8-9,11-12,16H2,1-2H3,(H,27,30). The molecule has 1 atom stereocenters. The van der Waals surface area contributed by atoms with Crippen LogP contribution in [0.15, 0.2) is 48.8 Å². The molecule has 4 rings (SSSR count). The number of rotatable bonds is 6. The molecule has 3 aromatic rings. The highest BCUT2D eigenvalue weighted by Gasteiger charge is 2.18. The molecule has 2 N–H and O–H groups in total. The highest BCUT2D eigenvalue weighted by molar-refractivity contribution is 5.77. The van der Waals surface area contributed by atoms with Gasteiger partial charge >= 0.3 is 0 Å². The van der Waals surface area contributed by atoms with Gasteiger partial charge in [0.15, 0.2) is 0 Å². The van der Waals surface area contributed by atoms with Crippen LogP contribution in [0.5, 0.6) is 0 Å². The van der Waals surface area contributed by atoms with Crippen LogP contribution in [-0.2, 0) is 24.3 Å². The first-order valence-corrected chi connectivity index (χ1v) is 10.6. The molecule has 0 bridgehead atoms. The molecule has 0 saturated heterocycles. The molecule has 156 valence electrons. The number of carbonyl (C=O) groups excluding carboxylic acids is 1. The second kappa shape index (κ2) is 9.22. The largest absolute Gasteiger partial charge is 0.345 e. The Labute approximate surface area is 177 Å². The second-order valence-electron chi connectivity index (χ2n) is 8.01. The minimum absolute atomic E-state index is 0.0170. The van der Waals surface area contributed by atoms with Crippen LogP contribution < -0.4 is 10.6 Å². The summed E-state index contributed by atoms with van der Waals surface area (Å²) in [6.07, 6.45) is 5.70. The van der Waals surface area contributed by atoms with E-state index >= 15 is 0 Å². The van der Waals surface area contributed by atoms with E-state index in [0.717, 1.165) is 42.9 Å². The molecule has 1 aliphatic rings. The number of amides is 1. The highest BCUT2D eigenvalue weighted by Crippen LogP contribution is 2.24. The number of hydrogen-bond donors (Lipinski definition) is 2. The Morgan fingerprint density at radius 3 is 2.90 bits per heavy atom. The fourth-order valence-electron chi connectivity index (χ4n) is 3.87. The van der Waals surface area contributed by atoms with E-state index < -0.39 is 0 Å². The summed E-state index contributed by atoms with van der Waals surface area (Å²) in [7, 11) is 0. The van der Waals surface area contributed by atoms with Crippen LogP contribution in [0, 0.1) is 13.8 Å². The highest BCUT2D eigenvalue weighted by atomic mass is 16.1. The van der Waals surface area contributed by atoms with Gasteiger partial charge in [0.1, 0.15) is 0 Å². The number of hydrogen-bond acceptors (Lipinski definition) is 4. The van der Waals surface area contributed by atoms with E-state index in [2.05, 4.69) is 63.5 Å². The fourth-order valence-corrected chi connectivity index (χ4v) is 3.87. The summed E-state index contributed by atoms with van der Waals surface area (Å²) >= 11 is 0. The minimum Gasteiger partial charge on any atom is -0.345 e. The summed E-state index contributed by atoms with van der Waals surface area (Å²) in [6, 6.07) is 12.1. The Morgan fingerprint density at radius 1 is 1.20 bits per heavy atom. The lowest BCUT2D eigenvalue weighted by atomic mass is 9.96. The molecule has 0 spiro atoms. The molecule has 30 heavy (non-hydrogen) atoms. The lowest BCUT2D eigenvalue weighted by Gasteiger charge is -2.20. The third-order valence-corrected chi connectivity index (χ3v) is 5.74. The van der Waals surface area contributed by atoms with E-state index in [1.807, 2.05) is 18.3 Å². The quantitative estimate of drug-likeness (QED) is 0.663. The number of aryl methyl sites for hydroxylation is 4. The Kier molecular flexibility index (Phi) is 6.23. The Bertz CT molecular complexity index is 988. The number of pyridine rings is 1. The van der Waals surface area contributed by atoms with Gasteiger partial charge in [-0.2, -0.15) is 5.10 Å². The molecule has 1 aromatic carbocycles. The molecule has 6 heteroatoms. The Balaban J connectivity index is 1.46. The summed E-state index contributed by atoms with van der Waals surface area (Å²) in [5.74, 6) is 0.0170. The van der Waals surface area contributed by atoms with Crippen molar-refractivity contribution in [2.75, 3.05) is 6.54 Å². The molecule has 1 amide bonds. The van der Waals surface area contributed by atoms with E-state index in [-0.39, 0.29) is 11.9 Å². The SMILES string of the molecule is Cc1ccc(C(NC(=O)CCc2cc3n(n2)CCCNC3)c2cccnc2)cc1C. The number of nitrogens with zero attached hydrogens (tertiary/aromatic N) is 3. The molecule has 0 fully saturated rings. The molecule has 1 unspecified atom stereocenters. The van der Waals surface area contributed by atoms with Gasteiger partial charge in [-0.05, 0) is 61.2 Å². The third-order valence-electron chi connectivity index (χ3n) is 5.74. The topological polar surface area (TPSA) is 71.8 Å². The molecule has 0 aliphatic carbocycles. The van der Waals surface area contributed by atoms with E-state index in [0.29, 0.717) is 12.8 Å². The van der Waals surface area contributed by atoms with Crippen molar-refractivity contribution in [3.05, 3.63) is 82.4 Å². The molecule has 0 radical (unpaired) electrons. The van der Waals surface area contributed by atoms with Crippen molar-refractivity contribution in [3.8, 4) is 0 Å². The predicted molar refractivity (Wildman–Crippen MR) is 117 cm³/mol. The number of nitrogens with one attached hydrogen (secondary N) is 2. The number of fused-ring (bicyclic) bond motifs is 1. The fraction of sp³-hybridized carbons (Fsp3) is 0.375. The van der Waals surface area contributed by atoms with Crippen LogP contribution in [0.2, 0.25) is 0 Å². The zero-order chi connectivity index (χ0) is 20.9. The molecule has 0 saturated carbocycles. The van der Waals surface area contributed by atoms with Gasteiger partial charge in [-0.15, -0.1) is 0 Å². The minimum atomic E-state index is -0.214. The first kappa shape index (κ1) is 20.3. The molecular formula is C24H29N5O. The van der Waals surface area contributed by atoms with E-state index in [1.165, 1.54) is 16.8 Å². The molecule has 2 aromatic heterocycles. The predicted octanol–water partition coefficient (Wildman–Crippen LogP) is 3.23. The zero-order valence-electron chi connectivity index (χ0n) is 17.7. The van der Waals surface area contributed by atoms with Crippen molar-refractivity contribution in [3.63, 3.8) is 0 Å². The summed E-state index contributed by atoms with van der Waals surface area (Å²) in [6.45, 7) is 6.99. The van der Waals surface area contributed by atoms with E-state index in [4.69, 9.17) is 0 Å². The zero-order valence-corrected chi connectivity index (χ0v) is 17.7. The van der Waals surface area contributed by atoms with Gasteiger partial charge in [-0.1, -0.05) is 24.3 Å².